The maximum absolute atomic E-state index is 5.92. The van der Waals surface area contributed by atoms with Crippen LogP contribution in [-0.4, -0.2) is 13.2 Å². The van der Waals surface area contributed by atoms with Gasteiger partial charge in [-0.3, -0.25) is 0 Å². The van der Waals surface area contributed by atoms with E-state index in [0.29, 0.717) is 12.5 Å². The molecule has 96 valence electrons. The van der Waals surface area contributed by atoms with Crippen molar-refractivity contribution in [2.45, 2.75) is 32.8 Å². The predicted molar refractivity (Wildman–Crippen MR) is 76.0 cm³/mol. The molecule has 2 unspecified atom stereocenters. The number of nitrogens with two attached hydrogens (primary N) is 1. The summed E-state index contributed by atoms with van der Waals surface area (Å²) in [5.41, 5.74) is 6.93. The van der Waals surface area contributed by atoms with Gasteiger partial charge in [0.2, 0.25) is 0 Å². The zero-order valence-corrected chi connectivity index (χ0v) is 12.2. The molecular weight excluding hydrogens is 278 g/mol. The second-order valence-electron chi connectivity index (χ2n) is 4.47. The van der Waals surface area contributed by atoms with Crippen LogP contribution in [0, 0.1) is 5.92 Å². The topological polar surface area (TPSA) is 35.2 Å². The van der Waals surface area contributed by atoms with Crippen LogP contribution in [0.15, 0.2) is 28.7 Å². The van der Waals surface area contributed by atoms with Crippen LogP contribution in [0.5, 0.6) is 0 Å². The van der Waals surface area contributed by atoms with Crippen molar-refractivity contribution in [3.8, 4) is 0 Å². The van der Waals surface area contributed by atoms with Gasteiger partial charge in [0.1, 0.15) is 0 Å². The molecular formula is C14H22BrNO. The highest BCUT2D eigenvalue weighted by molar-refractivity contribution is 9.10. The molecule has 1 aromatic rings. The Morgan fingerprint density at radius 3 is 2.65 bits per heavy atom. The van der Waals surface area contributed by atoms with Crippen LogP contribution in [0.1, 0.15) is 38.4 Å². The Balaban J connectivity index is 2.57. The molecule has 0 saturated carbocycles. The van der Waals surface area contributed by atoms with E-state index >= 15 is 0 Å². The molecule has 0 aliphatic rings. The summed E-state index contributed by atoms with van der Waals surface area (Å²) in [6, 6.07) is 8.10. The zero-order valence-electron chi connectivity index (χ0n) is 10.7. The van der Waals surface area contributed by atoms with E-state index in [0.717, 1.165) is 16.6 Å². The van der Waals surface area contributed by atoms with Crippen LogP contribution < -0.4 is 5.73 Å². The van der Waals surface area contributed by atoms with Crippen molar-refractivity contribution >= 4 is 15.9 Å². The van der Waals surface area contributed by atoms with Gasteiger partial charge in [0.25, 0.3) is 0 Å². The highest BCUT2D eigenvalue weighted by Gasteiger charge is 2.14. The lowest BCUT2D eigenvalue weighted by Crippen LogP contribution is -2.19. The van der Waals surface area contributed by atoms with Crippen LogP contribution in [0.25, 0.3) is 0 Å². The fourth-order valence-electron chi connectivity index (χ4n) is 1.88. The normalized spacial score (nSPS) is 14.6. The van der Waals surface area contributed by atoms with Crippen molar-refractivity contribution in [3.63, 3.8) is 0 Å². The van der Waals surface area contributed by atoms with Crippen molar-refractivity contribution < 1.29 is 4.74 Å². The van der Waals surface area contributed by atoms with Crippen LogP contribution >= 0.6 is 15.9 Å². The smallest absolute Gasteiger partial charge is 0.0958 e. The average Bonchev–Trinajstić information content (AvgIpc) is 2.32. The van der Waals surface area contributed by atoms with Gasteiger partial charge in [-0.1, -0.05) is 54.4 Å². The lowest BCUT2D eigenvalue weighted by atomic mass is 10.1. The zero-order chi connectivity index (χ0) is 12.7. The fourth-order valence-corrected chi connectivity index (χ4v) is 2.42. The molecule has 0 radical (unpaired) electrons. The van der Waals surface area contributed by atoms with E-state index in [1.165, 1.54) is 12.8 Å². The summed E-state index contributed by atoms with van der Waals surface area (Å²) < 4.78 is 6.99. The van der Waals surface area contributed by atoms with Gasteiger partial charge in [0, 0.05) is 11.0 Å². The van der Waals surface area contributed by atoms with Crippen LogP contribution in [0.2, 0.25) is 0 Å². The maximum atomic E-state index is 5.92. The molecule has 3 heteroatoms. The molecule has 0 amide bonds. The highest BCUT2D eigenvalue weighted by atomic mass is 79.9. The Kier molecular flexibility index (Phi) is 6.78. The molecule has 2 atom stereocenters. The van der Waals surface area contributed by atoms with E-state index < -0.39 is 0 Å². The maximum Gasteiger partial charge on any atom is 0.0958 e. The first-order chi connectivity index (χ1) is 8.19. The quantitative estimate of drug-likeness (QED) is 0.829. The van der Waals surface area contributed by atoms with Gasteiger partial charge in [-0.15, -0.1) is 0 Å². The van der Waals surface area contributed by atoms with E-state index in [-0.39, 0.29) is 6.10 Å². The average molecular weight is 300 g/mol. The number of hydrogen-bond donors (Lipinski definition) is 1. The van der Waals surface area contributed by atoms with Gasteiger partial charge >= 0.3 is 0 Å². The third-order valence-electron chi connectivity index (χ3n) is 2.83. The lowest BCUT2D eigenvalue weighted by molar-refractivity contribution is 0.0347. The van der Waals surface area contributed by atoms with Gasteiger partial charge in [-0.05, 0) is 24.0 Å². The number of rotatable bonds is 7. The van der Waals surface area contributed by atoms with E-state index in [1.807, 2.05) is 18.2 Å². The number of hydrogen-bond acceptors (Lipinski definition) is 2. The van der Waals surface area contributed by atoms with E-state index in [1.54, 1.807) is 0 Å². The minimum absolute atomic E-state index is 0.00937. The van der Waals surface area contributed by atoms with Crippen molar-refractivity contribution in [1.29, 1.82) is 0 Å². The summed E-state index contributed by atoms with van der Waals surface area (Å²) in [6.45, 7) is 5.71. The monoisotopic (exact) mass is 299 g/mol. The van der Waals surface area contributed by atoms with Gasteiger partial charge in [-0.25, -0.2) is 0 Å². The van der Waals surface area contributed by atoms with Crippen LogP contribution in [-0.2, 0) is 4.74 Å². The van der Waals surface area contributed by atoms with Gasteiger partial charge in [-0.2, -0.15) is 0 Å². The highest BCUT2D eigenvalue weighted by Crippen LogP contribution is 2.25. The van der Waals surface area contributed by atoms with E-state index in [2.05, 4.69) is 35.8 Å². The fraction of sp³-hybridized carbons (Fsp3) is 0.571. The summed E-state index contributed by atoms with van der Waals surface area (Å²) >= 11 is 3.54. The molecule has 1 aromatic carbocycles. The lowest BCUT2D eigenvalue weighted by Gasteiger charge is -2.20. The Bertz CT molecular complexity index is 330. The van der Waals surface area contributed by atoms with Crippen LogP contribution in [0.3, 0.4) is 0 Å². The predicted octanol–water partition coefficient (Wildman–Crippen LogP) is 3.90. The second kappa shape index (κ2) is 7.85. The van der Waals surface area contributed by atoms with Crippen molar-refractivity contribution in [3.05, 3.63) is 34.3 Å². The van der Waals surface area contributed by atoms with Crippen molar-refractivity contribution in [1.82, 2.24) is 0 Å². The molecule has 1 rings (SSSR count). The van der Waals surface area contributed by atoms with Gasteiger partial charge in [0.05, 0.1) is 12.7 Å². The van der Waals surface area contributed by atoms with Crippen LogP contribution in [0.4, 0.5) is 0 Å². The molecule has 2 N–H and O–H groups in total. The summed E-state index contributed by atoms with van der Waals surface area (Å²) in [5, 5.41) is 0. The standard InChI is InChI=1S/C14H22BrNO/c1-3-6-11(2)10-17-14(9-16)12-7-4-5-8-13(12)15/h4-5,7-8,11,14H,3,6,9-10,16H2,1-2H3. The summed E-state index contributed by atoms with van der Waals surface area (Å²) in [5.74, 6) is 0.594. The summed E-state index contributed by atoms with van der Waals surface area (Å²) in [7, 11) is 0. The third-order valence-corrected chi connectivity index (χ3v) is 3.55. The molecule has 17 heavy (non-hydrogen) atoms. The minimum Gasteiger partial charge on any atom is -0.372 e. The minimum atomic E-state index is -0.00937. The molecule has 0 aliphatic heterocycles. The van der Waals surface area contributed by atoms with Crippen molar-refractivity contribution in [2.24, 2.45) is 11.7 Å². The molecule has 0 aromatic heterocycles. The summed E-state index contributed by atoms with van der Waals surface area (Å²) in [6.07, 6.45) is 2.39. The number of ether oxygens (including phenoxy) is 1. The molecule has 0 bridgehead atoms. The number of halogens is 1. The first-order valence-electron chi connectivity index (χ1n) is 6.25. The van der Waals surface area contributed by atoms with E-state index in [9.17, 15) is 0 Å². The second-order valence-corrected chi connectivity index (χ2v) is 5.33. The first kappa shape index (κ1) is 14.7. The SMILES string of the molecule is CCCC(C)COC(CN)c1ccccc1Br. The van der Waals surface area contributed by atoms with Gasteiger partial charge < -0.3 is 10.5 Å². The number of benzene rings is 1. The molecule has 0 spiro atoms. The largest absolute Gasteiger partial charge is 0.372 e. The molecule has 0 fully saturated rings. The van der Waals surface area contributed by atoms with Crippen molar-refractivity contribution in [2.75, 3.05) is 13.2 Å². The molecule has 0 heterocycles. The Labute approximate surface area is 113 Å². The third kappa shape index (κ3) is 4.78. The molecule has 0 aliphatic carbocycles. The Morgan fingerprint density at radius 2 is 2.06 bits per heavy atom. The molecule has 0 saturated heterocycles. The summed E-state index contributed by atoms with van der Waals surface area (Å²) in [4.78, 5) is 0. The Hall–Kier alpha value is -0.380. The van der Waals surface area contributed by atoms with E-state index in [4.69, 9.17) is 10.5 Å². The Morgan fingerprint density at radius 1 is 1.35 bits per heavy atom. The molecule has 2 nitrogen and oxygen atoms in total. The first-order valence-corrected chi connectivity index (χ1v) is 7.04. The van der Waals surface area contributed by atoms with Gasteiger partial charge in [0.15, 0.2) is 0 Å².